The molecule has 1 aromatic heterocycles. The Morgan fingerprint density at radius 1 is 1.18 bits per heavy atom. The third-order valence-corrected chi connectivity index (χ3v) is 3.09. The molecular weight excluding hydrogens is 278 g/mol. The Bertz CT molecular complexity index is 587. The Kier molecular flexibility index (Phi) is 6.23. The molecule has 0 saturated heterocycles. The third-order valence-electron chi connectivity index (χ3n) is 3.09. The van der Waals surface area contributed by atoms with Gasteiger partial charge in [0.25, 0.3) is 0 Å². The number of anilines is 1. The molecule has 2 rings (SSSR count). The minimum atomic E-state index is 0.0122. The van der Waals surface area contributed by atoms with Crippen LogP contribution in [0.5, 0.6) is 5.75 Å². The molecule has 0 atom stereocenters. The van der Waals surface area contributed by atoms with Crippen LogP contribution in [0.3, 0.4) is 0 Å². The minimum absolute atomic E-state index is 0.0122. The minimum Gasteiger partial charge on any atom is -0.492 e. The Balaban J connectivity index is 1.73. The van der Waals surface area contributed by atoms with Gasteiger partial charge in [-0.05, 0) is 36.8 Å². The van der Waals surface area contributed by atoms with E-state index < -0.39 is 0 Å². The van der Waals surface area contributed by atoms with Crippen molar-refractivity contribution in [3.63, 3.8) is 0 Å². The summed E-state index contributed by atoms with van der Waals surface area (Å²) in [4.78, 5) is 15.8. The molecular formula is C17H21N3O2. The second-order valence-corrected chi connectivity index (χ2v) is 4.74. The molecule has 2 N–H and O–H groups in total. The first-order valence-corrected chi connectivity index (χ1v) is 7.41. The molecule has 2 aromatic rings. The molecule has 1 heterocycles. The molecule has 0 unspecified atom stereocenters. The number of nitrogens with one attached hydrogen (secondary N) is 2. The van der Waals surface area contributed by atoms with Gasteiger partial charge in [-0.15, -0.1) is 0 Å². The summed E-state index contributed by atoms with van der Waals surface area (Å²) in [5.74, 6) is 0.820. The Morgan fingerprint density at radius 3 is 2.73 bits per heavy atom. The van der Waals surface area contributed by atoms with Crippen molar-refractivity contribution >= 4 is 11.6 Å². The Morgan fingerprint density at radius 2 is 1.95 bits per heavy atom. The monoisotopic (exact) mass is 299 g/mol. The lowest BCUT2D eigenvalue weighted by Crippen LogP contribution is -2.24. The quantitative estimate of drug-likeness (QED) is 0.786. The summed E-state index contributed by atoms with van der Waals surface area (Å²) in [5, 5.41) is 6.12. The summed E-state index contributed by atoms with van der Waals surface area (Å²) in [7, 11) is 0. The number of pyridine rings is 1. The van der Waals surface area contributed by atoms with Gasteiger partial charge in [-0.25, -0.2) is 0 Å². The topological polar surface area (TPSA) is 63.2 Å². The van der Waals surface area contributed by atoms with Crippen molar-refractivity contribution in [2.45, 2.75) is 19.9 Å². The van der Waals surface area contributed by atoms with Crippen LogP contribution in [0.15, 0.2) is 48.8 Å². The summed E-state index contributed by atoms with van der Waals surface area (Å²) in [6.45, 7) is 3.65. The maximum absolute atomic E-state index is 11.8. The number of amides is 1. The summed E-state index contributed by atoms with van der Waals surface area (Å²) >= 11 is 0. The van der Waals surface area contributed by atoms with E-state index in [1.165, 1.54) is 0 Å². The van der Waals surface area contributed by atoms with Crippen LogP contribution < -0.4 is 15.4 Å². The number of carbonyl (C=O) groups excluding carboxylic acids is 1. The fourth-order valence-electron chi connectivity index (χ4n) is 1.99. The van der Waals surface area contributed by atoms with Gasteiger partial charge < -0.3 is 15.4 Å². The van der Waals surface area contributed by atoms with E-state index in [0.29, 0.717) is 26.1 Å². The van der Waals surface area contributed by atoms with Gasteiger partial charge in [0.1, 0.15) is 5.75 Å². The number of aromatic nitrogens is 1. The number of benzene rings is 1. The lowest BCUT2D eigenvalue weighted by atomic mass is 10.2. The lowest BCUT2D eigenvalue weighted by molar-refractivity contribution is -0.121. The first-order chi connectivity index (χ1) is 10.8. The lowest BCUT2D eigenvalue weighted by Gasteiger charge is -2.12. The summed E-state index contributed by atoms with van der Waals surface area (Å²) in [5.41, 5.74) is 1.95. The molecule has 0 bridgehead atoms. The van der Waals surface area contributed by atoms with Gasteiger partial charge >= 0.3 is 0 Å². The normalized spacial score (nSPS) is 10.0. The molecule has 1 aromatic carbocycles. The largest absolute Gasteiger partial charge is 0.492 e. The fourth-order valence-corrected chi connectivity index (χ4v) is 1.99. The van der Waals surface area contributed by atoms with Crippen molar-refractivity contribution in [2.24, 2.45) is 0 Å². The van der Waals surface area contributed by atoms with E-state index in [9.17, 15) is 4.79 Å². The van der Waals surface area contributed by atoms with Gasteiger partial charge in [-0.3, -0.25) is 9.78 Å². The van der Waals surface area contributed by atoms with E-state index in [2.05, 4.69) is 15.6 Å². The third kappa shape index (κ3) is 5.09. The first kappa shape index (κ1) is 15.8. The van der Waals surface area contributed by atoms with Crippen molar-refractivity contribution in [3.05, 3.63) is 54.4 Å². The molecule has 0 aliphatic heterocycles. The standard InChI is InChI=1S/C17H21N3O2/c1-2-22-16-6-4-3-5-15(16)19-12-9-17(21)20-13-14-7-10-18-11-8-14/h3-8,10-11,19H,2,9,12-13H2,1H3,(H,20,21). The SMILES string of the molecule is CCOc1ccccc1NCCC(=O)NCc1ccncc1. The predicted molar refractivity (Wildman–Crippen MR) is 86.8 cm³/mol. The maximum atomic E-state index is 11.8. The van der Waals surface area contributed by atoms with Crippen LogP contribution in [0.4, 0.5) is 5.69 Å². The average Bonchev–Trinajstić information content (AvgIpc) is 2.56. The highest BCUT2D eigenvalue weighted by Crippen LogP contribution is 2.23. The van der Waals surface area contributed by atoms with Gasteiger partial charge in [-0.2, -0.15) is 0 Å². The zero-order chi connectivity index (χ0) is 15.6. The van der Waals surface area contributed by atoms with Crippen LogP contribution in [0, 0.1) is 0 Å². The zero-order valence-corrected chi connectivity index (χ0v) is 12.7. The molecule has 116 valence electrons. The van der Waals surface area contributed by atoms with Crippen molar-refractivity contribution in [1.29, 1.82) is 0 Å². The van der Waals surface area contributed by atoms with Crippen LogP contribution in [-0.2, 0) is 11.3 Å². The number of para-hydroxylation sites is 2. The van der Waals surface area contributed by atoms with E-state index in [4.69, 9.17) is 4.74 Å². The van der Waals surface area contributed by atoms with Gasteiger partial charge in [0, 0.05) is 31.9 Å². The molecule has 0 aliphatic carbocycles. The van der Waals surface area contributed by atoms with Crippen LogP contribution in [0.25, 0.3) is 0 Å². The van der Waals surface area contributed by atoms with Gasteiger partial charge in [0.05, 0.1) is 12.3 Å². The number of hydrogen-bond donors (Lipinski definition) is 2. The Hall–Kier alpha value is -2.56. The number of hydrogen-bond acceptors (Lipinski definition) is 4. The van der Waals surface area contributed by atoms with Gasteiger partial charge in [-0.1, -0.05) is 12.1 Å². The Labute approximate surface area is 130 Å². The first-order valence-electron chi connectivity index (χ1n) is 7.41. The number of nitrogens with zero attached hydrogens (tertiary/aromatic N) is 1. The molecule has 22 heavy (non-hydrogen) atoms. The summed E-state index contributed by atoms with van der Waals surface area (Å²) < 4.78 is 5.53. The number of rotatable bonds is 8. The maximum Gasteiger partial charge on any atom is 0.222 e. The van der Waals surface area contributed by atoms with Crippen molar-refractivity contribution in [1.82, 2.24) is 10.3 Å². The second kappa shape index (κ2) is 8.67. The van der Waals surface area contributed by atoms with Crippen molar-refractivity contribution in [3.8, 4) is 5.75 Å². The fraction of sp³-hybridized carbons (Fsp3) is 0.294. The van der Waals surface area contributed by atoms with Crippen molar-refractivity contribution in [2.75, 3.05) is 18.5 Å². The van der Waals surface area contributed by atoms with Gasteiger partial charge in [0.2, 0.25) is 5.91 Å². The van der Waals surface area contributed by atoms with E-state index in [1.54, 1.807) is 12.4 Å². The van der Waals surface area contributed by atoms with Crippen LogP contribution in [-0.4, -0.2) is 24.0 Å². The zero-order valence-electron chi connectivity index (χ0n) is 12.7. The predicted octanol–water partition coefficient (Wildman–Crippen LogP) is 2.60. The summed E-state index contributed by atoms with van der Waals surface area (Å²) in [6, 6.07) is 11.5. The van der Waals surface area contributed by atoms with E-state index in [0.717, 1.165) is 17.0 Å². The highest BCUT2D eigenvalue weighted by Gasteiger charge is 2.04. The van der Waals surface area contributed by atoms with Crippen LogP contribution in [0.2, 0.25) is 0 Å². The highest BCUT2D eigenvalue weighted by atomic mass is 16.5. The molecule has 0 fully saturated rings. The van der Waals surface area contributed by atoms with Gasteiger partial charge in [0.15, 0.2) is 0 Å². The van der Waals surface area contributed by atoms with E-state index in [1.807, 2.05) is 43.3 Å². The molecule has 0 saturated carbocycles. The van der Waals surface area contributed by atoms with Crippen LogP contribution in [0.1, 0.15) is 18.9 Å². The second-order valence-electron chi connectivity index (χ2n) is 4.74. The highest BCUT2D eigenvalue weighted by molar-refractivity contribution is 5.76. The molecule has 5 nitrogen and oxygen atoms in total. The van der Waals surface area contributed by atoms with Crippen LogP contribution >= 0.6 is 0 Å². The summed E-state index contributed by atoms with van der Waals surface area (Å²) in [6.07, 6.45) is 3.84. The smallest absolute Gasteiger partial charge is 0.222 e. The molecule has 0 radical (unpaired) electrons. The number of ether oxygens (including phenoxy) is 1. The van der Waals surface area contributed by atoms with E-state index in [-0.39, 0.29) is 5.91 Å². The van der Waals surface area contributed by atoms with Crippen molar-refractivity contribution < 1.29 is 9.53 Å². The molecule has 0 spiro atoms. The molecule has 1 amide bonds. The molecule has 5 heteroatoms. The number of carbonyl (C=O) groups is 1. The molecule has 0 aliphatic rings. The van der Waals surface area contributed by atoms with E-state index >= 15 is 0 Å². The average molecular weight is 299 g/mol.